The summed E-state index contributed by atoms with van der Waals surface area (Å²) in [6.07, 6.45) is 8.20. The van der Waals surface area contributed by atoms with Gasteiger partial charge in [0.15, 0.2) is 0 Å². The Bertz CT molecular complexity index is 1520. The Hall–Kier alpha value is -4.13. The molecule has 0 aliphatic heterocycles. The molecule has 1 amide bonds. The summed E-state index contributed by atoms with van der Waals surface area (Å²) in [6.45, 7) is 5.50. The van der Waals surface area contributed by atoms with Gasteiger partial charge in [0.1, 0.15) is 5.82 Å². The van der Waals surface area contributed by atoms with Gasteiger partial charge in [0, 0.05) is 37.7 Å². The van der Waals surface area contributed by atoms with Gasteiger partial charge in [0.05, 0.1) is 16.6 Å². The van der Waals surface area contributed by atoms with Crippen molar-refractivity contribution in [1.82, 2.24) is 14.9 Å². The lowest BCUT2D eigenvalue weighted by molar-refractivity contribution is -0.121. The summed E-state index contributed by atoms with van der Waals surface area (Å²) in [7, 11) is 0. The molecule has 1 aliphatic rings. The third-order valence-electron chi connectivity index (χ3n) is 8.01. The molecule has 4 aromatic rings. The van der Waals surface area contributed by atoms with Crippen LogP contribution < -0.4 is 10.6 Å². The average Bonchev–Trinajstić information content (AvgIpc) is 3.31. The number of carboxylic acid groups (broad SMARTS) is 1. The summed E-state index contributed by atoms with van der Waals surface area (Å²) in [4.78, 5) is 29.2. The van der Waals surface area contributed by atoms with Crippen LogP contribution in [0.2, 0.25) is 0 Å². The maximum absolute atomic E-state index is 12.5. The van der Waals surface area contributed by atoms with Gasteiger partial charge in [-0.2, -0.15) is 0 Å². The van der Waals surface area contributed by atoms with Crippen LogP contribution in [0.3, 0.4) is 0 Å². The molecule has 1 fully saturated rings. The van der Waals surface area contributed by atoms with Gasteiger partial charge in [-0.3, -0.25) is 4.79 Å². The number of carbonyl (C=O) groups excluding carboxylic acids is 1. The molecule has 7 nitrogen and oxygen atoms in total. The number of carbonyl (C=O) groups is 2. The van der Waals surface area contributed by atoms with Crippen molar-refractivity contribution < 1.29 is 14.7 Å². The molecule has 0 spiro atoms. The Morgan fingerprint density at radius 1 is 1.02 bits per heavy atom. The van der Waals surface area contributed by atoms with E-state index in [1.807, 2.05) is 24.3 Å². The van der Waals surface area contributed by atoms with Crippen molar-refractivity contribution in [3.05, 3.63) is 83.2 Å². The van der Waals surface area contributed by atoms with Crippen molar-refractivity contribution in [3.63, 3.8) is 0 Å². The summed E-state index contributed by atoms with van der Waals surface area (Å²) in [5, 5.41) is 16.3. The Balaban J connectivity index is 1.33. The number of fused-ring (bicyclic) bond motifs is 1. The second-order valence-corrected chi connectivity index (χ2v) is 11.2. The van der Waals surface area contributed by atoms with Crippen LogP contribution in [0, 0.1) is 6.92 Å². The molecule has 0 unspecified atom stereocenters. The molecular formula is C34H40N4O3. The number of anilines is 1. The predicted molar refractivity (Wildman–Crippen MR) is 165 cm³/mol. The average molecular weight is 553 g/mol. The largest absolute Gasteiger partial charge is 0.478 e. The minimum absolute atomic E-state index is 0.117. The molecule has 1 heterocycles. The van der Waals surface area contributed by atoms with Gasteiger partial charge in [-0.25, -0.2) is 9.78 Å². The highest BCUT2D eigenvalue weighted by Crippen LogP contribution is 2.28. The lowest BCUT2D eigenvalue weighted by Crippen LogP contribution is -2.36. The number of rotatable bonds is 11. The number of carboxylic acids is 1. The number of benzene rings is 3. The van der Waals surface area contributed by atoms with Crippen LogP contribution in [-0.4, -0.2) is 39.1 Å². The number of amides is 1. The molecule has 0 saturated heterocycles. The van der Waals surface area contributed by atoms with E-state index in [0.29, 0.717) is 36.7 Å². The highest BCUT2D eigenvalue weighted by atomic mass is 16.4. The van der Waals surface area contributed by atoms with Crippen molar-refractivity contribution in [3.8, 4) is 11.1 Å². The number of hydrogen-bond donors (Lipinski definition) is 3. The van der Waals surface area contributed by atoms with Crippen molar-refractivity contribution in [2.45, 2.75) is 77.8 Å². The van der Waals surface area contributed by atoms with Gasteiger partial charge >= 0.3 is 5.97 Å². The molecule has 5 rings (SSSR count). The minimum atomic E-state index is -0.927. The number of aromatic nitrogens is 2. The molecule has 3 N–H and O–H groups in total. The topological polar surface area (TPSA) is 96.3 Å². The number of imidazole rings is 1. The van der Waals surface area contributed by atoms with E-state index in [0.717, 1.165) is 64.9 Å². The zero-order valence-corrected chi connectivity index (χ0v) is 24.1. The Kier molecular flexibility index (Phi) is 9.02. The molecule has 7 heteroatoms. The van der Waals surface area contributed by atoms with Crippen LogP contribution in [0.4, 0.5) is 5.69 Å². The van der Waals surface area contributed by atoms with Crippen molar-refractivity contribution in [1.29, 1.82) is 0 Å². The molecule has 0 bridgehead atoms. The molecule has 1 aliphatic carbocycles. The fourth-order valence-electron chi connectivity index (χ4n) is 5.89. The van der Waals surface area contributed by atoms with Gasteiger partial charge in [-0.15, -0.1) is 0 Å². The zero-order valence-electron chi connectivity index (χ0n) is 24.1. The van der Waals surface area contributed by atoms with Gasteiger partial charge in [0.2, 0.25) is 5.91 Å². The highest BCUT2D eigenvalue weighted by molar-refractivity contribution is 5.96. The van der Waals surface area contributed by atoms with Gasteiger partial charge < -0.3 is 20.3 Å². The van der Waals surface area contributed by atoms with Gasteiger partial charge in [-0.1, -0.05) is 68.7 Å². The van der Waals surface area contributed by atoms with E-state index >= 15 is 0 Å². The van der Waals surface area contributed by atoms with E-state index in [1.165, 1.54) is 19.3 Å². The van der Waals surface area contributed by atoms with Crippen LogP contribution in [0.25, 0.3) is 22.2 Å². The number of nitrogens with one attached hydrogen (secondary N) is 2. The van der Waals surface area contributed by atoms with E-state index in [2.05, 4.69) is 53.3 Å². The first-order valence-electron chi connectivity index (χ1n) is 14.9. The van der Waals surface area contributed by atoms with E-state index in [1.54, 1.807) is 12.1 Å². The second kappa shape index (κ2) is 13.0. The Labute approximate surface area is 242 Å². The molecular weight excluding hydrogens is 512 g/mol. The fraction of sp³-hybridized carbons (Fsp3) is 0.382. The van der Waals surface area contributed by atoms with Crippen LogP contribution in [0.1, 0.15) is 79.2 Å². The van der Waals surface area contributed by atoms with Crippen LogP contribution in [0.5, 0.6) is 0 Å². The minimum Gasteiger partial charge on any atom is -0.478 e. The molecule has 41 heavy (non-hydrogen) atoms. The van der Waals surface area contributed by atoms with Crippen LogP contribution in [0.15, 0.2) is 60.7 Å². The van der Waals surface area contributed by atoms with E-state index < -0.39 is 5.97 Å². The summed E-state index contributed by atoms with van der Waals surface area (Å²) in [6, 6.07) is 19.8. The number of aromatic carboxylic acids is 1. The fourth-order valence-corrected chi connectivity index (χ4v) is 5.89. The molecule has 214 valence electrons. The molecule has 0 radical (unpaired) electrons. The molecule has 1 saturated carbocycles. The summed E-state index contributed by atoms with van der Waals surface area (Å²) < 4.78 is 2.28. The summed E-state index contributed by atoms with van der Waals surface area (Å²) in [5.41, 5.74) is 7.18. The van der Waals surface area contributed by atoms with Crippen molar-refractivity contribution in [2.24, 2.45) is 0 Å². The smallest absolute Gasteiger partial charge is 0.336 e. The number of nitrogens with zero attached hydrogens (tertiary/aromatic N) is 2. The Morgan fingerprint density at radius 3 is 2.51 bits per heavy atom. The standard InChI is InChI=1S/C34H40N4O3/c1-3-9-31-37-33-23(2)20-27(35-19-18-32(39)36-26-10-5-4-6-11-26)21-30(33)38(31)22-24-14-16-25(17-15-24)28-12-7-8-13-29(28)34(40)41/h7-8,12-17,20-21,26,35H,3-6,9-11,18-19,22H2,1-2H3,(H,36,39)(H,40,41). The van der Waals surface area contributed by atoms with Gasteiger partial charge in [0.25, 0.3) is 0 Å². The van der Waals surface area contributed by atoms with Crippen molar-refractivity contribution in [2.75, 3.05) is 11.9 Å². The van der Waals surface area contributed by atoms with Crippen LogP contribution in [-0.2, 0) is 17.8 Å². The van der Waals surface area contributed by atoms with Crippen molar-refractivity contribution >= 4 is 28.6 Å². The quantitative estimate of drug-likeness (QED) is 0.187. The van der Waals surface area contributed by atoms with Crippen LogP contribution >= 0.6 is 0 Å². The lowest BCUT2D eigenvalue weighted by Gasteiger charge is -2.22. The number of aryl methyl sites for hydroxylation is 2. The first kappa shape index (κ1) is 28.4. The SMILES string of the molecule is CCCc1nc2c(C)cc(NCCC(=O)NC3CCCCC3)cc2n1Cc1ccc(-c2ccccc2C(=O)O)cc1. The van der Waals surface area contributed by atoms with Gasteiger partial charge in [-0.05, 0) is 66.6 Å². The maximum atomic E-state index is 12.5. The summed E-state index contributed by atoms with van der Waals surface area (Å²) in [5.74, 6) is 0.241. The molecule has 3 aromatic carbocycles. The molecule has 0 atom stereocenters. The second-order valence-electron chi connectivity index (χ2n) is 11.2. The lowest BCUT2D eigenvalue weighted by atomic mass is 9.95. The normalized spacial score (nSPS) is 13.8. The zero-order chi connectivity index (χ0) is 28.8. The van der Waals surface area contributed by atoms with E-state index in [9.17, 15) is 14.7 Å². The third-order valence-corrected chi connectivity index (χ3v) is 8.01. The monoisotopic (exact) mass is 552 g/mol. The third kappa shape index (κ3) is 6.79. The number of hydrogen-bond acceptors (Lipinski definition) is 4. The summed E-state index contributed by atoms with van der Waals surface area (Å²) >= 11 is 0. The highest BCUT2D eigenvalue weighted by Gasteiger charge is 2.17. The van der Waals surface area contributed by atoms with E-state index in [-0.39, 0.29) is 5.91 Å². The predicted octanol–water partition coefficient (Wildman–Crippen LogP) is 6.96. The maximum Gasteiger partial charge on any atom is 0.336 e. The first-order chi connectivity index (χ1) is 19.9. The Morgan fingerprint density at radius 2 is 1.78 bits per heavy atom. The molecule has 1 aromatic heterocycles. The van der Waals surface area contributed by atoms with E-state index in [4.69, 9.17) is 4.98 Å². The first-order valence-corrected chi connectivity index (χ1v) is 14.9.